The lowest BCUT2D eigenvalue weighted by Gasteiger charge is -2.26. The first-order valence-corrected chi connectivity index (χ1v) is 7.22. The van der Waals surface area contributed by atoms with Crippen molar-refractivity contribution in [2.75, 3.05) is 6.54 Å². The smallest absolute Gasteiger partial charge is 0.319 e. The highest BCUT2D eigenvalue weighted by molar-refractivity contribution is 5.96. The second-order valence-corrected chi connectivity index (χ2v) is 4.97. The van der Waals surface area contributed by atoms with Crippen molar-refractivity contribution in [2.45, 2.75) is 39.7 Å². The summed E-state index contributed by atoms with van der Waals surface area (Å²) in [5.41, 5.74) is 0.414. The number of imide groups is 1. The molecule has 6 nitrogen and oxygen atoms in total. The number of carbonyl (C=O) groups is 2. The van der Waals surface area contributed by atoms with Gasteiger partial charge in [0.15, 0.2) is 0 Å². The van der Waals surface area contributed by atoms with E-state index in [1.165, 1.54) is 22.3 Å². The van der Waals surface area contributed by atoms with Crippen molar-refractivity contribution in [3.63, 3.8) is 0 Å². The number of carbonyl (C=O) groups excluding carboxylic acids is 2. The van der Waals surface area contributed by atoms with Gasteiger partial charge < -0.3 is 9.47 Å². The molecule has 1 saturated heterocycles. The summed E-state index contributed by atoms with van der Waals surface area (Å²) < 4.78 is 1.46. The third-order valence-electron chi connectivity index (χ3n) is 3.21. The van der Waals surface area contributed by atoms with Crippen LogP contribution in [0.25, 0.3) is 0 Å². The summed E-state index contributed by atoms with van der Waals surface area (Å²) >= 11 is 0. The van der Waals surface area contributed by atoms with E-state index in [-0.39, 0.29) is 24.4 Å². The van der Waals surface area contributed by atoms with Crippen LogP contribution in [-0.4, -0.2) is 28.0 Å². The monoisotopic (exact) mass is 293 g/mol. The molecule has 0 unspecified atom stereocenters. The molecular weight excluding hydrogens is 270 g/mol. The van der Waals surface area contributed by atoms with Crippen molar-refractivity contribution in [1.29, 1.82) is 0 Å². The fourth-order valence-corrected chi connectivity index (χ4v) is 1.73. The molecule has 21 heavy (non-hydrogen) atoms. The van der Waals surface area contributed by atoms with E-state index in [2.05, 4.69) is 19.2 Å². The molecule has 0 atom stereocenters. The molecule has 1 aliphatic heterocycles. The number of rotatable bonds is 3. The molecule has 1 aromatic heterocycles. The first kappa shape index (κ1) is 16.9. The maximum Gasteiger partial charge on any atom is 0.324 e. The van der Waals surface area contributed by atoms with Crippen LogP contribution in [0.4, 0.5) is 4.79 Å². The molecule has 0 bridgehead atoms. The zero-order valence-electron chi connectivity index (χ0n) is 12.9. The lowest BCUT2D eigenvalue weighted by Crippen LogP contribution is -2.49. The van der Waals surface area contributed by atoms with Crippen molar-refractivity contribution in [2.24, 2.45) is 7.05 Å². The van der Waals surface area contributed by atoms with Crippen molar-refractivity contribution in [3.8, 4) is 0 Å². The van der Waals surface area contributed by atoms with E-state index >= 15 is 0 Å². The zero-order chi connectivity index (χ0) is 15.8. The molecule has 6 heteroatoms. The molecule has 0 radical (unpaired) electrons. The Morgan fingerprint density at radius 1 is 1.19 bits per heavy atom. The average molecular weight is 293 g/mol. The molecule has 0 aromatic carbocycles. The standard InChI is InChI=1S/C11H13N3O3.C4H10/c1-13-5-2-3-8(10(13)16)7-14-6-4-9(15)12-11(14)17;1-3-4-2/h2-3,5H,4,6-7H2,1H3,(H,12,15,17);3-4H2,1-2H3. The van der Waals surface area contributed by atoms with Crippen LogP contribution < -0.4 is 10.9 Å². The fraction of sp³-hybridized carbons (Fsp3) is 0.533. The number of amides is 3. The molecule has 2 rings (SSSR count). The largest absolute Gasteiger partial charge is 0.324 e. The highest BCUT2D eigenvalue weighted by atomic mass is 16.2. The predicted octanol–water partition coefficient (Wildman–Crippen LogP) is 1.63. The highest BCUT2D eigenvalue weighted by Crippen LogP contribution is 2.05. The summed E-state index contributed by atoms with van der Waals surface area (Å²) in [6, 6.07) is 3.00. The zero-order valence-corrected chi connectivity index (χ0v) is 12.9. The van der Waals surface area contributed by atoms with Gasteiger partial charge in [-0.2, -0.15) is 0 Å². The van der Waals surface area contributed by atoms with Crippen LogP contribution in [0.1, 0.15) is 38.7 Å². The number of hydrogen-bond acceptors (Lipinski definition) is 3. The molecule has 1 N–H and O–H groups in total. The Hall–Kier alpha value is -2.11. The first-order chi connectivity index (χ1) is 9.99. The number of hydrogen-bond donors (Lipinski definition) is 1. The summed E-state index contributed by atoms with van der Waals surface area (Å²) in [6.07, 6.45) is 4.57. The van der Waals surface area contributed by atoms with Gasteiger partial charge in [0.2, 0.25) is 5.91 Å². The van der Waals surface area contributed by atoms with Crippen LogP contribution in [0.3, 0.4) is 0 Å². The number of aromatic nitrogens is 1. The van der Waals surface area contributed by atoms with Gasteiger partial charge >= 0.3 is 6.03 Å². The van der Waals surface area contributed by atoms with E-state index in [0.29, 0.717) is 12.1 Å². The molecule has 1 aliphatic rings. The summed E-state index contributed by atoms with van der Waals surface area (Å²) in [5.74, 6) is -0.271. The minimum Gasteiger partial charge on any atom is -0.319 e. The molecule has 116 valence electrons. The Labute approximate surface area is 124 Å². The van der Waals surface area contributed by atoms with Crippen LogP contribution in [0, 0.1) is 0 Å². The molecule has 0 aliphatic carbocycles. The van der Waals surface area contributed by atoms with Gasteiger partial charge in [0.25, 0.3) is 5.56 Å². The molecule has 0 spiro atoms. The Balaban J connectivity index is 0.000000491. The van der Waals surface area contributed by atoms with E-state index in [4.69, 9.17) is 0 Å². The lowest BCUT2D eigenvalue weighted by atomic mass is 10.2. The number of pyridine rings is 1. The van der Waals surface area contributed by atoms with Crippen LogP contribution in [-0.2, 0) is 18.4 Å². The predicted molar refractivity (Wildman–Crippen MR) is 80.8 cm³/mol. The van der Waals surface area contributed by atoms with Gasteiger partial charge in [-0.05, 0) is 6.07 Å². The topological polar surface area (TPSA) is 71.4 Å². The van der Waals surface area contributed by atoms with Crippen LogP contribution in [0.5, 0.6) is 0 Å². The molecule has 2 heterocycles. The van der Waals surface area contributed by atoms with Crippen molar-refractivity contribution in [3.05, 3.63) is 34.2 Å². The molecule has 1 aromatic rings. The second-order valence-electron chi connectivity index (χ2n) is 4.97. The van der Waals surface area contributed by atoms with Gasteiger partial charge in [-0.3, -0.25) is 14.9 Å². The van der Waals surface area contributed by atoms with Crippen molar-refractivity contribution < 1.29 is 9.59 Å². The maximum atomic E-state index is 11.8. The van der Waals surface area contributed by atoms with E-state index in [1.54, 1.807) is 25.4 Å². The van der Waals surface area contributed by atoms with Crippen molar-refractivity contribution >= 4 is 11.9 Å². The number of unbranched alkanes of at least 4 members (excludes halogenated alkanes) is 1. The van der Waals surface area contributed by atoms with Crippen LogP contribution >= 0.6 is 0 Å². The number of aryl methyl sites for hydroxylation is 1. The Morgan fingerprint density at radius 3 is 2.43 bits per heavy atom. The maximum absolute atomic E-state index is 11.8. The van der Waals surface area contributed by atoms with Gasteiger partial charge in [-0.15, -0.1) is 0 Å². The molecule has 0 saturated carbocycles. The third kappa shape index (κ3) is 5.06. The van der Waals surface area contributed by atoms with Crippen LogP contribution in [0.2, 0.25) is 0 Å². The van der Waals surface area contributed by atoms with E-state index < -0.39 is 6.03 Å². The summed E-state index contributed by atoms with van der Waals surface area (Å²) in [5, 5.41) is 2.22. The third-order valence-corrected chi connectivity index (χ3v) is 3.21. The fourth-order valence-electron chi connectivity index (χ4n) is 1.73. The van der Waals surface area contributed by atoms with Gasteiger partial charge in [0, 0.05) is 31.8 Å². The van der Waals surface area contributed by atoms with E-state index in [0.717, 1.165) is 0 Å². The second kappa shape index (κ2) is 8.24. The van der Waals surface area contributed by atoms with E-state index in [1.807, 2.05) is 0 Å². The highest BCUT2D eigenvalue weighted by Gasteiger charge is 2.23. The summed E-state index contributed by atoms with van der Waals surface area (Å²) in [7, 11) is 1.66. The van der Waals surface area contributed by atoms with Gasteiger partial charge in [0.1, 0.15) is 0 Å². The number of urea groups is 1. The van der Waals surface area contributed by atoms with Crippen molar-refractivity contribution in [1.82, 2.24) is 14.8 Å². The summed E-state index contributed by atoms with van der Waals surface area (Å²) in [6.45, 7) is 4.94. The minimum atomic E-state index is -0.438. The first-order valence-electron chi connectivity index (χ1n) is 7.22. The Morgan fingerprint density at radius 2 is 1.86 bits per heavy atom. The lowest BCUT2D eigenvalue weighted by molar-refractivity contribution is -0.121. The Kier molecular flexibility index (Phi) is 6.65. The van der Waals surface area contributed by atoms with Gasteiger partial charge in [-0.25, -0.2) is 4.79 Å². The molecule has 3 amide bonds. The Bertz CT molecular complexity index is 549. The summed E-state index contributed by atoms with van der Waals surface area (Å²) in [4.78, 5) is 35.7. The van der Waals surface area contributed by atoms with Crippen LogP contribution in [0.15, 0.2) is 23.1 Å². The molecule has 1 fully saturated rings. The quantitative estimate of drug-likeness (QED) is 0.920. The normalized spacial score (nSPS) is 14.3. The van der Waals surface area contributed by atoms with E-state index in [9.17, 15) is 14.4 Å². The molecular formula is C15H23N3O3. The minimum absolute atomic E-state index is 0.128. The van der Waals surface area contributed by atoms with Gasteiger partial charge in [0.05, 0.1) is 6.54 Å². The van der Waals surface area contributed by atoms with Gasteiger partial charge in [-0.1, -0.05) is 32.8 Å². The number of nitrogens with one attached hydrogen (secondary N) is 1. The number of nitrogens with zero attached hydrogens (tertiary/aromatic N) is 2. The SMILES string of the molecule is CCCC.Cn1cccc(CN2CCC(=O)NC2=O)c1=O. The average Bonchev–Trinajstić information content (AvgIpc) is 2.47.